The molecule has 0 spiro atoms. The second-order valence-electron chi connectivity index (χ2n) is 7.80. The number of amides is 2. The summed E-state index contributed by atoms with van der Waals surface area (Å²) in [7, 11) is -3.39. The number of hydrogen-bond donors (Lipinski definition) is 1. The average Bonchev–Trinajstić information content (AvgIpc) is 3.19. The predicted molar refractivity (Wildman–Crippen MR) is 111 cm³/mol. The van der Waals surface area contributed by atoms with Crippen LogP contribution in [-0.2, 0) is 26.0 Å². The Morgan fingerprint density at radius 1 is 0.966 bits per heavy atom. The van der Waals surface area contributed by atoms with E-state index in [1.54, 1.807) is 24.3 Å². The molecule has 0 bridgehead atoms. The van der Waals surface area contributed by atoms with Crippen molar-refractivity contribution in [3.63, 3.8) is 0 Å². The Kier molecular flexibility index (Phi) is 7.66. The molecule has 7 nitrogen and oxygen atoms in total. The third kappa shape index (κ3) is 6.02. The zero-order valence-electron chi connectivity index (χ0n) is 16.9. The first kappa shape index (κ1) is 21.8. The fourth-order valence-corrected chi connectivity index (χ4v) is 5.37. The van der Waals surface area contributed by atoms with Crippen molar-refractivity contribution in [3.8, 4) is 0 Å². The van der Waals surface area contributed by atoms with Crippen molar-refractivity contribution in [3.05, 3.63) is 29.8 Å². The third-order valence-electron chi connectivity index (χ3n) is 5.64. The molecule has 0 unspecified atom stereocenters. The highest BCUT2D eigenvalue weighted by atomic mass is 32.2. The van der Waals surface area contributed by atoms with Crippen molar-refractivity contribution in [2.75, 3.05) is 32.7 Å². The van der Waals surface area contributed by atoms with Gasteiger partial charge in [0.15, 0.2) is 0 Å². The Morgan fingerprint density at radius 3 is 2.38 bits per heavy atom. The number of carbonyl (C=O) groups excluding carboxylic acids is 2. The van der Waals surface area contributed by atoms with E-state index < -0.39 is 10.0 Å². The number of hydrogen-bond acceptors (Lipinski definition) is 4. The first-order chi connectivity index (χ1) is 14.0. The van der Waals surface area contributed by atoms with Gasteiger partial charge in [0, 0.05) is 45.6 Å². The molecule has 2 fully saturated rings. The minimum atomic E-state index is -3.39. The summed E-state index contributed by atoms with van der Waals surface area (Å²) in [4.78, 5) is 26.2. The maximum absolute atomic E-state index is 12.5. The highest BCUT2D eigenvalue weighted by molar-refractivity contribution is 7.89. The largest absolute Gasteiger partial charge is 0.354 e. The van der Waals surface area contributed by atoms with Crippen molar-refractivity contribution in [2.45, 2.75) is 56.3 Å². The molecular weight excluding hydrogens is 390 g/mol. The predicted octanol–water partition coefficient (Wildman–Crippen LogP) is 1.92. The van der Waals surface area contributed by atoms with Crippen LogP contribution in [0.1, 0.15) is 50.5 Å². The van der Waals surface area contributed by atoms with Gasteiger partial charge in [-0.15, -0.1) is 0 Å². The van der Waals surface area contributed by atoms with Gasteiger partial charge in [0.25, 0.3) is 0 Å². The number of likely N-dealkylation sites (tertiary alicyclic amines) is 1. The van der Waals surface area contributed by atoms with Crippen LogP contribution in [-0.4, -0.2) is 62.2 Å². The van der Waals surface area contributed by atoms with E-state index in [4.69, 9.17) is 0 Å². The summed E-state index contributed by atoms with van der Waals surface area (Å²) in [6, 6.07) is 6.83. The zero-order chi connectivity index (χ0) is 20.7. The molecule has 2 heterocycles. The number of benzene rings is 1. The number of sulfonamides is 1. The normalized spacial score (nSPS) is 18.6. The minimum Gasteiger partial charge on any atom is -0.354 e. The van der Waals surface area contributed by atoms with Crippen molar-refractivity contribution in [2.24, 2.45) is 0 Å². The summed E-state index contributed by atoms with van der Waals surface area (Å²) in [5, 5.41) is 2.88. The number of nitrogens with zero attached hydrogens (tertiary/aromatic N) is 2. The van der Waals surface area contributed by atoms with Crippen molar-refractivity contribution in [1.29, 1.82) is 0 Å². The SMILES string of the molecule is O=C(CCc1ccc(S(=O)(=O)N2CCCC2)cc1)NCCN1CCCCCC1=O. The lowest BCUT2D eigenvalue weighted by Gasteiger charge is -2.20. The van der Waals surface area contributed by atoms with Gasteiger partial charge < -0.3 is 10.2 Å². The smallest absolute Gasteiger partial charge is 0.243 e. The van der Waals surface area contributed by atoms with Crippen LogP contribution in [0.4, 0.5) is 0 Å². The molecule has 3 rings (SSSR count). The van der Waals surface area contributed by atoms with E-state index in [2.05, 4.69) is 5.32 Å². The fourth-order valence-electron chi connectivity index (χ4n) is 3.86. The van der Waals surface area contributed by atoms with Crippen LogP contribution < -0.4 is 5.32 Å². The lowest BCUT2D eigenvalue weighted by atomic mass is 10.1. The Bertz CT molecular complexity index is 802. The summed E-state index contributed by atoms with van der Waals surface area (Å²) in [6.07, 6.45) is 6.41. The molecule has 2 aliphatic rings. The van der Waals surface area contributed by atoms with E-state index >= 15 is 0 Å². The van der Waals surface area contributed by atoms with Gasteiger partial charge >= 0.3 is 0 Å². The number of carbonyl (C=O) groups is 2. The lowest BCUT2D eigenvalue weighted by Crippen LogP contribution is -2.38. The molecule has 2 saturated heterocycles. The first-order valence-electron chi connectivity index (χ1n) is 10.6. The molecule has 0 saturated carbocycles. The molecule has 0 radical (unpaired) electrons. The molecule has 0 atom stereocenters. The van der Waals surface area contributed by atoms with Crippen molar-refractivity contribution >= 4 is 21.8 Å². The van der Waals surface area contributed by atoms with Crippen LogP contribution in [0.15, 0.2) is 29.2 Å². The number of rotatable bonds is 8. The van der Waals surface area contributed by atoms with E-state index in [0.29, 0.717) is 50.3 Å². The van der Waals surface area contributed by atoms with Gasteiger partial charge in [-0.05, 0) is 49.8 Å². The Balaban J connectivity index is 1.41. The summed E-state index contributed by atoms with van der Waals surface area (Å²) >= 11 is 0. The van der Waals surface area contributed by atoms with Crippen LogP contribution in [0.5, 0.6) is 0 Å². The molecule has 1 N–H and O–H groups in total. The Morgan fingerprint density at radius 2 is 1.66 bits per heavy atom. The summed E-state index contributed by atoms with van der Waals surface area (Å²) < 4.78 is 26.6. The number of nitrogens with one attached hydrogen (secondary N) is 1. The highest BCUT2D eigenvalue weighted by Gasteiger charge is 2.26. The fraction of sp³-hybridized carbons (Fsp3) is 0.619. The maximum atomic E-state index is 12.5. The average molecular weight is 422 g/mol. The van der Waals surface area contributed by atoms with E-state index in [-0.39, 0.29) is 11.8 Å². The van der Waals surface area contributed by atoms with Crippen LogP contribution in [0.25, 0.3) is 0 Å². The third-order valence-corrected chi connectivity index (χ3v) is 7.56. The van der Waals surface area contributed by atoms with E-state index in [1.165, 1.54) is 4.31 Å². The Labute approximate surface area is 173 Å². The summed E-state index contributed by atoms with van der Waals surface area (Å²) in [6.45, 7) is 2.99. The van der Waals surface area contributed by atoms with Gasteiger partial charge in [0.1, 0.15) is 0 Å². The minimum absolute atomic E-state index is 0.0546. The molecule has 1 aromatic rings. The van der Waals surface area contributed by atoms with E-state index in [0.717, 1.165) is 44.2 Å². The molecule has 8 heteroatoms. The highest BCUT2D eigenvalue weighted by Crippen LogP contribution is 2.21. The molecule has 2 aliphatic heterocycles. The molecule has 0 aliphatic carbocycles. The molecule has 0 aromatic heterocycles. The summed E-state index contributed by atoms with van der Waals surface area (Å²) in [5.41, 5.74) is 0.934. The molecule has 29 heavy (non-hydrogen) atoms. The monoisotopic (exact) mass is 421 g/mol. The summed E-state index contributed by atoms with van der Waals surface area (Å²) in [5.74, 6) is 0.127. The lowest BCUT2D eigenvalue weighted by molar-refractivity contribution is -0.131. The van der Waals surface area contributed by atoms with Gasteiger partial charge in [-0.1, -0.05) is 18.6 Å². The van der Waals surface area contributed by atoms with E-state index in [1.807, 2.05) is 4.90 Å². The van der Waals surface area contributed by atoms with Crippen molar-refractivity contribution in [1.82, 2.24) is 14.5 Å². The van der Waals surface area contributed by atoms with Gasteiger partial charge in [-0.2, -0.15) is 4.31 Å². The molecule has 2 amide bonds. The van der Waals surface area contributed by atoms with Crippen molar-refractivity contribution < 1.29 is 18.0 Å². The van der Waals surface area contributed by atoms with Gasteiger partial charge in [0.2, 0.25) is 21.8 Å². The van der Waals surface area contributed by atoms with Crippen LogP contribution >= 0.6 is 0 Å². The molecular formula is C21H31N3O4S. The van der Waals surface area contributed by atoms with Crippen LogP contribution in [0.3, 0.4) is 0 Å². The maximum Gasteiger partial charge on any atom is 0.243 e. The van der Waals surface area contributed by atoms with Gasteiger partial charge in [0.05, 0.1) is 4.90 Å². The second-order valence-corrected chi connectivity index (χ2v) is 9.73. The Hall–Kier alpha value is -1.93. The standard InChI is InChI=1S/C21H31N3O4S/c25-20(22-13-17-23-14-3-1-2-6-21(23)26)12-9-18-7-10-19(11-8-18)29(27,28)24-15-4-5-16-24/h7-8,10-11H,1-6,9,12-17H2,(H,22,25). The zero-order valence-corrected chi connectivity index (χ0v) is 17.8. The topological polar surface area (TPSA) is 86.8 Å². The first-order valence-corrected chi connectivity index (χ1v) is 12.0. The molecule has 160 valence electrons. The number of aryl methyl sites for hydroxylation is 1. The quantitative estimate of drug-likeness (QED) is 0.695. The molecule has 1 aromatic carbocycles. The van der Waals surface area contributed by atoms with Crippen LogP contribution in [0.2, 0.25) is 0 Å². The van der Waals surface area contributed by atoms with Gasteiger partial charge in [-0.3, -0.25) is 9.59 Å². The van der Waals surface area contributed by atoms with Gasteiger partial charge in [-0.25, -0.2) is 8.42 Å². The second kappa shape index (κ2) is 10.2. The van der Waals surface area contributed by atoms with E-state index in [9.17, 15) is 18.0 Å². The van der Waals surface area contributed by atoms with Crippen LogP contribution in [0, 0.1) is 0 Å².